The normalized spacial score (nSPS) is 24.4. The molecule has 0 amide bonds. The summed E-state index contributed by atoms with van der Waals surface area (Å²) in [6, 6.07) is 16.3. The topological polar surface area (TPSA) is 24.4 Å². The van der Waals surface area contributed by atoms with Crippen LogP contribution in [0.3, 0.4) is 0 Å². The number of hydrazone groups is 1. The Morgan fingerprint density at radius 2 is 1.62 bits per heavy atom. The summed E-state index contributed by atoms with van der Waals surface area (Å²) in [7, 11) is 0. The Balaban J connectivity index is 1.60. The molecule has 1 saturated carbocycles. The molecule has 1 N–H and O–H groups in total. The summed E-state index contributed by atoms with van der Waals surface area (Å²) < 4.78 is 0. The highest BCUT2D eigenvalue weighted by atomic mass is 35.5. The number of rotatable bonds is 2. The van der Waals surface area contributed by atoms with E-state index in [-0.39, 0.29) is 6.04 Å². The number of hydrogen-bond donors (Lipinski definition) is 1. The number of halogens is 2. The molecular formula is C20H18Cl2N2. The molecule has 0 saturated heterocycles. The SMILES string of the molecule is Clc1ccc(/C=C2\CCC[C@@H]3C2=NN[C@H]3c2ccc(Cl)cc2)cc1. The van der Waals surface area contributed by atoms with Gasteiger partial charge in [-0.2, -0.15) is 5.10 Å². The van der Waals surface area contributed by atoms with E-state index in [2.05, 4.69) is 40.9 Å². The van der Waals surface area contributed by atoms with Gasteiger partial charge in [0, 0.05) is 16.0 Å². The Hall–Kier alpha value is -1.77. The lowest BCUT2D eigenvalue weighted by Gasteiger charge is -2.26. The number of hydrogen-bond acceptors (Lipinski definition) is 2. The van der Waals surface area contributed by atoms with Gasteiger partial charge in [0.2, 0.25) is 0 Å². The molecule has 1 fully saturated rings. The zero-order valence-electron chi connectivity index (χ0n) is 13.2. The van der Waals surface area contributed by atoms with Crippen LogP contribution >= 0.6 is 23.2 Å². The summed E-state index contributed by atoms with van der Waals surface area (Å²) in [5, 5.41) is 6.21. The highest BCUT2D eigenvalue weighted by Crippen LogP contribution is 2.39. The molecule has 0 bridgehead atoms. The van der Waals surface area contributed by atoms with Gasteiger partial charge in [-0.1, -0.05) is 47.5 Å². The minimum atomic E-state index is 0.242. The maximum absolute atomic E-state index is 6.01. The van der Waals surface area contributed by atoms with Crippen molar-refractivity contribution < 1.29 is 0 Å². The first-order chi connectivity index (χ1) is 11.7. The molecule has 2 aromatic carbocycles. The molecular weight excluding hydrogens is 339 g/mol. The molecule has 24 heavy (non-hydrogen) atoms. The van der Waals surface area contributed by atoms with Crippen molar-refractivity contribution in [2.75, 3.05) is 0 Å². The molecule has 2 nitrogen and oxygen atoms in total. The predicted octanol–water partition coefficient (Wildman–Crippen LogP) is 5.88. The summed E-state index contributed by atoms with van der Waals surface area (Å²) in [4.78, 5) is 0. The van der Waals surface area contributed by atoms with Crippen LogP contribution in [0.4, 0.5) is 0 Å². The Labute approximate surface area is 152 Å². The van der Waals surface area contributed by atoms with Crippen LogP contribution in [0.1, 0.15) is 36.4 Å². The smallest absolute Gasteiger partial charge is 0.0773 e. The van der Waals surface area contributed by atoms with Gasteiger partial charge in [-0.05, 0) is 66.3 Å². The summed E-state index contributed by atoms with van der Waals surface area (Å²) >= 11 is 12.0. The third kappa shape index (κ3) is 3.09. The fraction of sp³-hybridized carbons (Fsp3) is 0.250. The highest BCUT2D eigenvalue weighted by molar-refractivity contribution is 6.30. The zero-order valence-corrected chi connectivity index (χ0v) is 14.7. The highest BCUT2D eigenvalue weighted by Gasteiger charge is 2.36. The van der Waals surface area contributed by atoms with Crippen molar-refractivity contribution in [3.05, 3.63) is 75.3 Å². The first-order valence-electron chi connectivity index (χ1n) is 8.26. The first-order valence-corrected chi connectivity index (χ1v) is 9.01. The van der Waals surface area contributed by atoms with Crippen LogP contribution in [-0.2, 0) is 0 Å². The molecule has 1 heterocycles. The predicted molar refractivity (Wildman–Crippen MR) is 102 cm³/mol. The van der Waals surface area contributed by atoms with Crippen LogP contribution in [0.2, 0.25) is 10.0 Å². The average Bonchev–Trinajstić information content (AvgIpc) is 3.03. The zero-order chi connectivity index (χ0) is 16.5. The van der Waals surface area contributed by atoms with Crippen molar-refractivity contribution in [3.63, 3.8) is 0 Å². The third-order valence-electron chi connectivity index (χ3n) is 4.81. The largest absolute Gasteiger partial charge is 0.302 e. The lowest BCUT2D eigenvalue weighted by molar-refractivity contribution is 0.451. The van der Waals surface area contributed by atoms with Gasteiger partial charge in [0.1, 0.15) is 0 Å². The van der Waals surface area contributed by atoms with Gasteiger partial charge in [-0.25, -0.2) is 0 Å². The molecule has 0 radical (unpaired) electrons. The molecule has 0 aromatic heterocycles. The molecule has 122 valence electrons. The van der Waals surface area contributed by atoms with Crippen LogP contribution in [0.5, 0.6) is 0 Å². The Morgan fingerprint density at radius 3 is 2.33 bits per heavy atom. The second-order valence-corrected chi connectivity index (χ2v) is 7.25. The molecule has 2 aliphatic rings. The van der Waals surface area contributed by atoms with Crippen molar-refractivity contribution >= 4 is 35.0 Å². The van der Waals surface area contributed by atoms with Crippen molar-refractivity contribution in [1.82, 2.24) is 5.43 Å². The van der Waals surface area contributed by atoms with Gasteiger partial charge in [0.25, 0.3) is 0 Å². The van der Waals surface area contributed by atoms with Gasteiger partial charge in [-0.3, -0.25) is 0 Å². The van der Waals surface area contributed by atoms with E-state index in [1.165, 1.54) is 28.8 Å². The summed E-state index contributed by atoms with van der Waals surface area (Å²) in [6.45, 7) is 0. The fourth-order valence-electron chi connectivity index (χ4n) is 3.61. The summed E-state index contributed by atoms with van der Waals surface area (Å²) in [5.41, 5.74) is 8.30. The van der Waals surface area contributed by atoms with E-state index in [4.69, 9.17) is 23.2 Å². The van der Waals surface area contributed by atoms with E-state index < -0.39 is 0 Å². The number of allylic oxidation sites excluding steroid dienone is 1. The Kier molecular flexibility index (Phi) is 4.34. The number of nitrogens with zero attached hydrogens (tertiary/aromatic N) is 1. The van der Waals surface area contributed by atoms with Crippen molar-refractivity contribution in [2.24, 2.45) is 11.0 Å². The van der Waals surface area contributed by atoms with E-state index in [9.17, 15) is 0 Å². The van der Waals surface area contributed by atoms with E-state index in [0.29, 0.717) is 5.92 Å². The lowest BCUT2D eigenvalue weighted by atomic mass is 9.78. The third-order valence-corrected chi connectivity index (χ3v) is 5.31. The van der Waals surface area contributed by atoms with E-state index in [1.807, 2.05) is 24.3 Å². The van der Waals surface area contributed by atoms with Crippen molar-refractivity contribution in [2.45, 2.75) is 25.3 Å². The van der Waals surface area contributed by atoms with Gasteiger partial charge in [-0.15, -0.1) is 0 Å². The van der Waals surface area contributed by atoms with Gasteiger partial charge >= 0.3 is 0 Å². The van der Waals surface area contributed by atoms with Crippen LogP contribution in [-0.4, -0.2) is 5.71 Å². The van der Waals surface area contributed by atoms with Crippen LogP contribution in [0, 0.1) is 5.92 Å². The molecule has 2 atom stereocenters. The standard InChI is InChI=1S/C20H18Cl2N2/c21-16-8-4-13(5-9-16)12-15-2-1-3-18-19(23-24-20(15)18)14-6-10-17(22)11-7-14/h4-12,18-19,23H,1-3H2/b15-12+/t18-,19-/m0/s1. The molecule has 1 aliphatic heterocycles. The van der Waals surface area contributed by atoms with Crippen molar-refractivity contribution in [3.8, 4) is 0 Å². The molecule has 0 unspecified atom stereocenters. The molecule has 2 aromatic rings. The minimum Gasteiger partial charge on any atom is -0.302 e. The van der Waals surface area contributed by atoms with E-state index in [1.54, 1.807) is 0 Å². The summed E-state index contributed by atoms with van der Waals surface area (Å²) in [6.07, 6.45) is 5.67. The Bertz CT molecular complexity index is 791. The quantitative estimate of drug-likeness (QED) is 0.713. The van der Waals surface area contributed by atoms with Crippen molar-refractivity contribution in [1.29, 1.82) is 0 Å². The van der Waals surface area contributed by atoms with Gasteiger partial charge < -0.3 is 5.43 Å². The maximum atomic E-state index is 6.01. The number of nitrogens with one attached hydrogen (secondary N) is 1. The molecule has 0 spiro atoms. The molecule has 4 heteroatoms. The van der Waals surface area contributed by atoms with Gasteiger partial charge in [0.05, 0.1) is 11.8 Å². The van der Waals surface area contributed by atoms with Gasteiger partial charge in [0.15, 0.2) is 0 Å². The maximum Gasteiger partial charge on any atom is 0.0773 e. The lowest BCUT2D eigenvalue weighted by Crippen LogP contribution is -2.25. The molecule has 1 aliphatic carbocycles. The first kappa shape index (κ1) is 15.7. The molecule has 4 rings (SSSR count). The van der Waals surface area contributed by atoms with Crippen LogP contribution in [0.15, 0.2) is 59.2 Å². The average molecular weight is 357 g/mol. The summed E-state index contributed by atoms with van der Waals surface area (Å²) in [5.74, 6) is 0.429. The Morgan fingerprint density at radius 1 is 0.958 bits per heavy atom. The van der Waals surface area contributed by atoms with E-state index in [0.717, 1.165) is 22.9 Å². The van der Waals surface area contributed by atoms with E-state index >= 15 is 0 Å². The number of benzene rings is 2. The fourth-order valence-corrected chi connectivity index (χ4v) is 3.86. The second kappa shape index (κ2) is 6.62. The monoisotopic (exact) mass is 356 g/mol. The van der Waals surface area contributed by atoms with Crippen LogP contribution < -0.4 is 5.43 Å². The second-order valence-electron chi connectivity index (χ2n) is 6.38. The number of fused-ring (bicyclic) bond motifs is 1. The van der Waals surface area contributed by atoms with Crippen LogP contribution in [0.25, 0.3) is 6.08 Å². The minimum absolute atomic E-state index is 0.242.